The third-order valence-electron chi connectivity index (χ3n) is 4.14. The van der Waals surface area contributed by atoms with Gasteiger partial charge < -0.3 is 10.1 Å². The Morgan fingerprint density at radius 1 is 1.32 bits per heavy atom. The molecule has 28 heavy (non-hydrogen) atoms. The van der Waals surface area contributed by atoms with Gasteiger partial charge >= 0.3 is 0 Å². The predicted molar refractivity (Wildman–Crippen MR) is 109 cm³/mol. The molecule has 0 aliphatic carbocycles. The van der Waals surface area contributed by atoms with Crippen molar-refractivity contribution >= 4 is 40.1 Å². The maximum absolute atomic E-state index is 13.4. The summed E-state index contributed by atoms with van der Waals surface area (Å²) in [6, 6.07) is 12.7. The van der Waals surface area contributed by atoms with Crippen molar-refractivity contribution in [3.63, 3.8) is 0 Å². The fraction of sp³-hybridized carbons (Fsp3) is 0.250. The van der Waals surface area contributed by atoms with Crippen LogP contribution in [0.2, 0.25) is 0 Å². The zero-order valence-corrected chi connectivity index (χ0v) is 16.3. The van der Waals surface area contributed by atoms with Crippen molar-refractivity contribution in [1.29, 1.82) is 0 Å². The van der Waals surface area contributed by atoms with E-state index in [0.717, 1.165) is 0 Å². The highest BCUT2D eigenvalue weighted by Gasteiger charge is 2.35. The summed E-state index contributed by atoms with van der Waals surface area (Å²) in [5.41, 5.74) is 1.00. The van der Waals surface area contributed by atoms with Crippen LogP contribution in [0.3, 0.4) is 0 Å². The van der Waals surface area contributed by atoms with Crippen LogP contribution in [-0.4, -0.2) is 40.8 Å². The van der Waals surface area contributed by atoms with Gasteiger partial charge in [0.05, 0.1) is 12.8 Å². The molecule has 0 spiro atoms. The predicted octanol–water partition coefficient (Wildman–Crippen LogP) is 3.81. The number of anilines is 1. The highest BCUT2D eigenvalue weighted by Crippen LogP contribution is 2.30. The molecule has 1 atom stereocenters. The van der Waals surface area contributed by atoms with E-state index in [1.807, 2.05) is 6.92 Å². The molecular formula is C20H20FN3O3S. The second-order valence-electron chi connectivity index (χ2n) is 6.04. The third kappa shape index (κ3) is 4.69. The van der Waals surface area contributed by atoms with Gasteiger partial charge in [-0.05, 0) is 49.4 Å². The fourth-order valence-corrected chi connectivity index (χ4v) is 3.87. The summed E-state index contributed by atoms with van der Waals surface area (Å²) >= 11 is 1.20. The maximum atomic E-state index is 13.4. The van der Waals surface area contributed by atoms with Gasteiger partial charge in [0.25, 0.3) is 0 Å². The molecule has 1 N–H and O–H groups in total. The number of nitrogens with zero attached hydrogens (tertiary/aromatic N) is 2. The average Bonchev–Trinajstić information content (AvgIpc) is 2.68. The van der Waals surface area contributed by atoms with E-state index in [2.05, 4.69) is 10.3 Å². The van der Waals surface area contributed by atoms with E-state index >= 15 is 0 Å². The lowest BCUT2D eigenvalue weighted by Gasteiger charge is -2.30. The maximum Gasteiger partial charge on any atom is 0.238 e. The van der Waals surface area contributed by atoms with Crippen molar-refractivity contribution in [2.75, 3.05) is 19.0 Å². The lowest BCUT2D eigenvalue weighted by molar-refractivity contribution is -0.129. The van der Waals surface area contributed by atoms with Crippen LogP contribution in [0.15, 0.2) is 53.5 Å². The monoisotopic (exact) mass is 401 g/mol. The van der Waals surface area contributed by atoms with E-state index in [-0.39, 0.29) is 18.2 Å². The van der Waals surface area contributed by atoms with E-state index in [1.54, 1.807) is 43.5 Å². The molecule has 146 valence electrons. The number of amidine groups is 1. The zero-order chi connectivity index (χ0) is 20.1. The largest absolute Gasteiger partial charge is 0.497 e. The fourth-order valence-electron chi connectivity index (χ4n) is 2.71. The molecule has 0 bridgehead atoms. The number of carbonyl (C=O) groups excluding carboxylic acids is 2. The van der Waals surface area contributed by atoms with Crippen LogP contribution in [0.1, 0.15) is 13.3 Å². The Hall–Kier alpha value is -2.87. The van der Waals surface area contributed by atoms with Crippen LogP contribution in [0.4, 0.5) is 15.8 Å². The van der Waals surface area contributed by atoms with Gasteiger partial charge in [0.2, 0.25) is 11.8 Å². The summed E-state index contributed by atoms with van der Waals surface area (Å²) in [6.07, 6.45) is 0.0721. The standard InChI is InChI=1S/C20H20FN3O3S/c1-3-24-18(25)12-17(19(26)22-14-7-9-16(27-2)10-8-14)28-20(24)23-15-6-4-5-13(21)11-15/h4-11,17H,3,12H2,1-2H3,(H,22,26). The smallest absolute Gasteiger partial charge is 0.238 e. The number of amides is 2. The first-order valence-electron chi connectivity index (χ1n) is 8.76. The molecule has 0 saturated carbocycles. The Morgan fingerprint density at radius 3 is 2.71 bits per heavy atom. The normalized spacial score (nSPS) is 18.2. The minimum absolute atomic E-state index is 0.0721. The van der Waals surface area contributed by atoms with E-state index in [1.165, 1.54) is 28.8 Å². The van der Waals surface area contributed by atoms with Crippen molar-refractivity contribution < 1.29 is 18.7 Å². The van der Waals surface area contributed by atoms with Gasteiger partial charge in [-0.2, -0.15) is 0 Å². The molecule has 1 fully saturated rings. The molecule has 6 nitrogen and oxygen atoms in total. The third-order valence-corrected chi connectivity index (χ3v) is 5.33. The molecule has 1 heterocycles. The molecule has 2 aromatic carbocycles. The van der Waals surface area contributed by atoms with Crippen molar-refractivity contribution in [3.8, 4) is 5.75 Å². The number of ether oxygens (including phenoxy) is 1. The van der Waals surface area contributed by atoms with E-state index < -0.39 is 11.1 Å². The quantitative estimate of drug-likeness (QED) is 0.827. The summed E-state index contributed by atoms with van der Waals surface area (Å²) in [4.78, 5) is 31.1. The van der Waals surface area contributed by atoms with Crippen molar-refractivity contribution in [2.45, 2.75) is 18.6 Å². The number of carbonyl (C=O) groups is 2. The summed E-state index contributed by atoms with van der Waals surface area (Å²) in [7, 11) is 1.57. The number of hydrogen-bond donors (Lipinski definition) is 1. The van der Waals surface area contributed by atoms with Gasteiger partial charge in [0.15, 0.2) is 5.17 Å². The molecule has 2 aromatic rings. The van der Waals surface area contributed by atoms with Crippen molar-refractivity contribution in [1.82, 2.24) is 4.90 Å². The van der Waals surface area contributed by atoms with Crippen molar-refractivity contribution in [3.05, 3.63) is 54.3 Å². The molecule has 1 aliphatic rings. The number of rotatable bonds is 5. The number of halogens is 1. The first kappa shape index (κ1) is 19.9. The van der Waals surface area contributed by atoms with Crippen LogP contribution in [-0.2, 0) is 9.59 Å². The summed E-state index contributed by atoms with van der Waals surface area (Å²) < 4.78 is 18.5. The molecule has 0 aromatic heterocycles. The molecule has 0 radical (unpaired) electrons. The van der Waals surface area contributed by atoms with Crippen LogP contribution < -0.4 is 10.1 Å². The average molecular weight is 401 g/mol. The Balaban J connectivity index is 1.78. The molecule has 1 unspecified atom stereocenters. The summed E-state index contributed by atoms with van der Waals surface area (Å²) in [5.74, 6) is -0.202. The van der Waals surface area contributed by atoms with Crippen LogP contribution in [0.25, 0.3) is 0 Å². The SMILES string of the molecule is CCN1C(=O)CC(C(=O)Nc2ccc(OC)cc2)SC1=Nc1cccc(F)c1. The Kier molecular flexibility index (Phi) is 6.30. The van der Waals surface area contributed by atoms with Crippen LogP contribution >= 0.6 is 11.8 Å². The van der Waals surface area contributed by atoms with E-state index in [4.69, 9.17) is 4.74 Å². The summed E-state index contributed by atoms with van der Waals surface area (Å²) in [6.45, 7) is 2.25. The van der Waals surface area contributed by atoms with Gasteiger partial charge in [0.1, 0.15) is 16.8 Å². The van der Waals surface area contributed by atoms with Gasteiger partial charge in [-0.1, -0.05) is 17.8 Å². The number of benzene rings is 2. The molecular weight excluding hydrogens is 381 g/mol. The van der Waals surface area contributed by atoms with Crippen molar-refractivity contribution in [2.24, 2.45) is 4.99 Å². The number of thioether (sulfide) groups is 1. The zero-order valence-electron chi connectivity index (χ0n) is 15.5. The van der Waals surface area contributed by atoms with E-state index in [9.17, 15) is 14.0 Å². The Morgan fingerprint density at radius 2 is 2.07 bits per heavy atom. The Bertz CT molecular complexity index is 902. The second kappa shape index (κ2) is 8.88. The van der Waals surface area contributed by atoms with Crippen LogP contribution in [0, 0.1) is 5.82 Å². The minimum atomic E-state index is -0.621. The lowest BCUT2D eigenvalue weighted by Crippen LogP contribution is -2.45. The van der Waals surface area contributed by atoms with Crippen LogP contribution in [0.5, 0.6) is 5.75 Å². The molecule has 1 saturated heterocycles. The number of methoxy groups -OCH3 is 1. The lowest BCUT2D eigenvalue weighted by atomic mass is 10.2. The van der Waals surface area contributed by atoms with Gasteiger partial charge in [-0.3, -0.25) is 14.5 Å². The Labute approximate surface area is 166 Å². The second-order valence-corrected chi connectivity index (χ2v) is 7.21. The van der Waals surface area contributed by atoms with Gasteiger partial charge in [-0.15, -0.1) is 0 Å². The van der Waals surface area contributed by atoms with Gasteiger partial charge in [-0.25, -0.2) is 9.38 Å². The number of aliphatic imine (C=N–C) groups is 1. The topological polar surface area (TPSA) is 71.0 Å². The van der Waals surface area contributed by atoms with E-state index in [0.29, 0.717) is 28.8 Å². The minimum Gasteiger partial charge on any atom is -0.497 e. The first-order valence-corrected chi connectivity index (χ1v) is 9.64. The highest BCUT2D eigenvalue weighted by atomic mass is 32.2. The molecule has 8 heteroatoms. The highest BCUT2D eigenvalue weighted by molar-refractivity contribution is 8.15. The number of hydrogen-bond acceptors (Lipinski definition) is 5. The summed E-state index contributed by atoms with van der Waals surface area (Å²) in [5, 5.41) is 2.58. The molecule has 1 aliphatic heterocycles. The van der Waals surface area contributed by atoms with Gasteiger partial charge in [0, 0.05) is 18.7 Å². The first-order chi connectivity index (χ1) is 13.5. The number of nitrogens with one attached hydrogen (secondary N) is 1. The molecule has 2 amide bonds. The molecule has 3 rings (SSSR count).